The zero-order valence-corrected chi connectivity index (χ0v) is 19.8. The number of sulfonamides is 2. The number of nitrogens with zero attached hydrogens (tertiary/aromatic N) is 2. The summed E-state index contributed by atoms with van der Waals surface area (Å²) in [5, 5.41) is 0. The van der Waals surface area contributed by atoms with Crippen LogP contribution in [0.15, 0.2) is 41.3 Å². The van der Waals surface area contributed by atoms with E-state index in [4.69, 9.17) is 0 Å². The number of hydrogen-bond donors (Lipinski definition) is 1. The Morgan fingerprint density at radius 2 is 1.50 bits per heavy atom. The highest BCUT2D eigenvalue weighted by Crippen LogP contribution is 2.32. The van der Waals surface area contributed by atoms with Gasteiger partial charge in [-0.2, -0.15) is 0 Å². The molecule has 4 rings (SSSR count). The lowest BCUT2D eigenvalue weighted by molar-refractivity contribution is -0.116. The van der Waals surface area contributed by atoms with Crippen LogP contribution < -0.4 is 13.9 Å². The van der Waals surface area contributed by atoms with Crippen molar-refractivity contribution >= 4 is 43.0 Å². The Morgan fingerprint density at radius 1 is 0.906 bits per heavy atom. The molecule has 8 nitrogen and oxygen atoms in total. The first-order chi connectivity index (χ1) is 15.1. The van der Waals surface area contributed by atoms with Crippen molar-refractivity contribution in [3.05, 3.63) is 47.5 Å². The van der Waals surface area contributed by atoms with Crippen molar-refractivity contribution in [1.29, 1.82) is 0 Å². The van der Waals surface area contributed by atoms with Gasteiger partial charge in [0.15, 0.2) is 0 Å². The van der Waals surface area contributed by atoms with E-state index in [2.05, 4.69) is 9.62 Å². The molecule has 10 heteroatoms. The molecule has 172 valence electrons. The Bertz CT molecular complexity index is 1230. The van der Waals surface area contributed by atoms with Crippen LogP contribution in [0.25, 0.3) is 0 Å². The summed E-state index contributed by atoms with van der Waals surface area (Å²) in [5.74, 6) is -0.745. The molecule has 0 unspecified atom stereocenters. The van der Waals surface area contributed by atoms with Crippen molar-refractivity contribution in [2.75, 3.05) is 32.8 Å². The Hall–Kier alpha value is -2.59. The zero-order chi connectivity index (χ0) is 23.1. The summed E-state index contributed by atoms with van der Waals surface area (Å²) in [4.78, 5) is 14.5. The first-order valence-corrected chi connectivity index (χ1v) is 13.7. The predicted octanol–water partition coefficient (Wildman–Crippen LogP) is 3.16. The molecule has 0 aliphatic carbocycles. The molecule has 0 atom stereocenters. The maximum Gasteiger partial charge on any atom is 0.262 e. The molecule has 2 aromatic rings. The van der Waals surface area contributed by atoms with E-state index in [0.717, 1.165) is 35.9 Å². The van der Waals surface area contributed by atoms with E-state index in [1.165, 1.54) is 18.6 Å². The van der Waals surface area contributed by atoms with E-state index >= 15 is 0 Å². The highest BCUT2D eigenvalue weighted by Gasteiger charge is 2.37. The first-order valence-electron chi connectivity index (χ1n) is 10.6. The first kappa shape index (κ1) is 22.6. The molecule has 0 saturated carbocycles. The summed E-state index contributed by atoms with van der Waals surface area (Å²) in [5.41, 5.74) is 2.43. The van der Waals surface area contributed by atoms with Gasteiger partial charge >= 0.3 is 0 Å². The van der Waals surface area contributed by atoms with Gasteiger partial charge in [-0.3, -0.25) is 9.52 Å². The van der Waals surface area contributed by atoms with Gasteiger partial charge in [0.2, 0.25) is 15.9 Å². The zero-order valence-electron chi connectivity index (χ0n) is 18.2. The lowest BCUT2D eigenvalue weighted by Gasteiger charge is -2.28. The second-order valence-corrected chi connectivity index (χ2v) is 11.9. The number of rotatable bonds is 5. The third-order valence-electron chi connectivity index (χ3n) is 5.87. The molecule has 0 radical (unpaired) electrons. The van der Waals surface area contributed by atoms with Gasteiger partial charge in [0.25, 0.3) is 10.0 Å². The largest absolute Gasteiger partial charge is 0.372 e. The second kappa shape index (κ2) is 8.40. The van der Waals surface area contributed by atoms with Crippen molar-refractivity contribution < 1.29 is 21.6 Å². The number of hydrogen-bond acceptors (Lipinski definition) is 6. The number of carbonyl (C=O) groups is 1. The lowest BCUT2D eigenvalue weighted by Crippen LogP contribution is -2.29. The van der Waals surface area contributed by atoms with Crippen LogP contribution in [0.1, 0.15) is 36.8 Å². The van der Waals surface area contributed by atoms with Gasteiger partial charge in [0.05, 0.1) is 16.3 Å². The van der Waals surface area contributed by atoms with Gasteiger partial charge in [0.1, 0.15) is 0 Å². The Kier molecular flexibility index (Phi) is 5.93. The van der Waals surface area contributed by atoms with Crippen LogP contribution in [-0.4, -0.2) is 41.6 Å². The number of anilines is 3. The highest BCUT2D eigenvalue weighted by molar-refractivity contribution is 7.94. The lowest BCUT2D eigenvalue weighted by atomic mass is 10.1. The van der Waals surface area contributed by atoms with Crippen molar-refractivity contribution in [2.24, 2.45) is 0 Å². The fraction of sp³-hybridized carbons (Fsp3) is 0.409. The van der Waals surface area contributed by atoms with Gasteiger partial charge < -0.3 is 4.90 Å². The van der Waals surface area contributed by atoms with Crippen molar-refractivity contribution in [3.8, 4) is 0 Å². The topological polar surface area (TPSA) is 104 Å². The van der Waals surface area contributed by atoms with Gasteiger partial charge in [0, 0.05) is 30.9 Å². The maximum absolute atomic E-state index is 13.1. The third-order valence-corrected chi connectivity index (χ3v) is 9.24. The van der Waals surface area contributed by atoms with Gasteiger partial charge in [-0.15, -0.1) is 0 Å². The van der Waals surface area contributed by atoms with E-state index in [1.54, 1.807) is 26.0 Å². The Morgan fingerprint density at radius 3 is 2.03 bits per heavy atom. The second-order valence-electron chi connectivity index (χ2n) is 8.33. The molecule has 0 spiro atoms. The SMILES string of the molecule is Cc1cc(N2C(=O)CCS2(=O)=O)cc(C)c1S(=O)(=O)Nc1ccc(N2CCCCC2)cc1. The molecule has 2 saturated heterocycles. The smallest absolute Gasteiger partial charge is 0.262 e. The molecule has 0 aromatic heterocycles. The van der Waals surface area contributed by atoms with Crippen LogP contribution in [0, 0.1) is 13.8 Å². The van der Waals surface area contributed by atoms with Crippen LogP contribution in [0.2, 0.25) is 0 Å². The summed E-state index contributed by atoms with van der Waals surface area (Å²) < 4.78 is 54.1. The summed E-state index contributed by atoms with van der Waals surface area (Å²) in [7, 11) is -7.63. The highest BCUT2D eigenvalue weighted by atomic mass is 32.2. The molecule has 2 fully saturated rings. The number of amides is 1. The normalized spacial score (nSPS) is 18.8. The van der Waals surface area contributed by atoms with Crippen LogP contribution in [-0.2, 0) is 24.8 Å². The molecule has 32 heavy (non-hydrogen) atoms. The molecule has 2 aliphatic heterocycles. The maximum atomic E-state index is 13.1. The minimum Gasteiger partial charge on any atom is -0.372 e. The van der Waals surface area contributed by atoms with Gasteiger partial charge in [-0.25, -0.2) is 21.1 Å². The van der Waals surface area contributed by atoms with E-state index in [-0.39, 0.29) is 22.8 Å². The van der Waals surface area contributed by atoms with E-state index in [0.29, 0.717) is 16.8 Å². The molecule has 2 aromatic carbocycles. The third kappa shape index (κ3) is 4.33. The Balaban J connectivity index is 1.59. The van der Waals surface area contributed by atoms with Crippen molar-refractivity contribution in [2.45, 2.75) is 44.4 Å². The molecule has 1 N–H and O–H groups in total. The van der Waals surface area contributed by atoms with Gasteiger partial charge in [-0.1, -0.05) is 0 Å². The fourth-order valence-corrected chi connectivity index (χ4v) is 7.39. The van der Waals surface area contributed by atoms with Gasteiger partial charge in [-0.05, 0) is 80.6 Å². The number of piperidine rings is 1. The Labute approximate surface area is 189 Å². The molecule has 1 amide bonds. The number of carbonyl (C=O) groups excluding carboxylic acids is 1. The van der Waals surface area contributed by atoms with Crippen LogP contribution in [0.4, 0.5) is 17.1 Å². The summed E-state index contributed by atoms with van der Waals surface area (Å²) in [6.07, 6.45) is 3.49. The summed E-state index contributed by atoms with van der Waals surface area (Å²) in [6, 6.07) is 10.2. The minimum absolute atomic E-state index is 0.0740. The summed E-state index contributed by atoms with van der Waals surface area (Å²) in [6.45, 7) is 5.20. The molecule has 2 heterocycles. The number of aryl methyl sites for hydroxylation is 2. The van der Waals surface area contributed by atoms with Crippen molar-refractivity contribution in [3.63, 3.8) is 0 Å². The van der Waals surface area contributed by atoms with Crippen molar-refractivity contribution in [1.82, 2.24) is 0 Å². The monoisotopic (exact) mass is 477 g/mol. The standard InChI is InChI=1S/C22H27N3O5S2/c1-16-14-20(25-21(26)10-13-31(25,27)28)15-17(2)22(16)32(29,30)23-18-6-8-19(9-7-18)24-11-4-3-5-12-24/h6-9,14-15,23H,3-5,10-13H2,1-2H3. The predicted molar refractivity (Wildman–Crippen MR) is 125 cm³/mol. The van der Waals surface area contributed by atoms with Crippen LogP contribution in [0.5, 0.6) is 0 Å². The van der Waals surface area contributed by atoms with E-state index in [9.17, 15) is 21.6 Å². The number of nitrogens with one attached hydrogen (secondary N) is 1. The van der Waals surface area contributed by atoms with Crippen LogP contribution >= 0.6 is 0 Å². The average Bonchev–Trinajstić information content (AvgIpc) is 3.00. The summed E-state index contributed by atoms with van der Waals surface area (Å²) >= 11 is 0. The molecular weight excluding hydrogens is 450 g/mol. The van der Waals surface area contributed by atoms with E-state index < -0.39 is 26.0 Å². The molecule has 0 bridgehead atoms. The molecule has 2 aliphatic rings. The average molecular weight is 478 g/mol. The molecular formula is C22H27N3O5S2. The van der Waals surface area contributed by atoms with Crippen LogP contribution in [0.3, 0.4) is 0 Å². The minimum atomic E-state index is -3.91. The van der Waals surface area contributed by atoms with E-state index in [1.807, 2.05) is 12.1 Å². The fourth-order valence-electron chi connectivity index (χ4n) is 4.44. The number of benzene rings is 2. The quantitative estimate of drug-likeness (QED) is 0.709.